The third-order valence-electron chi connectivity index (χ3n) is 2.45. The second-order valence-corrected chi connectivity index (χ2v) is 4.99. The van der Waals surface area contributed by atoms with Crippen molar-refractivity contribution in [3.63, 3.8) is 0 Å². The number of benzene rings is 1. The van der Waals surface area contributed by atoms with Gasteiger partial charge in [-0.25, -0.2) is 4.79 Å². The van der Waals surface area contributed by atoms with Gasteiger partial charge in [-0.1, -0.05) is 0 Å². The van der Waals surface area contributed by atoms with Crippen LogP contribution in [0, 0.1) is 6.92 Å². The monoisotopic (exact) mass is 270 g/mol. The highest BCUT2D eigenvalue weighted by Crippen LogP contribution is 2.33. The number of carbonyl (C=O) groups is 1. The van der Waals surface area contributed by atoms with E-state index in [-0.39, 0.29) is 0 Å². The van der Waals surface area contributed by atoms with Crippen LogP contribution in [0.25, 0.3) is 10.1 Å². The van der Waals surface area contributed by atoms with Crippen molar-refractivity contribution < 1.29 is 14.6 Å². The number of rotatable bonds is 4. The summed E-state index contributed by atoms with van der Waals surface area (Å²) >= 11 is 6.81. The highest BCUT2D eigenvalue weighted by Gasteiger charge is 2.14. The number of fused-ring (bicyclic) bond motifs is 1. The number of halogens is 1. The van der Waals surface area contributed by atoms with Crippen LogP contribution < -0.4 is 4.74 Å². The van der Waals surface area contributed by atoms with Gasteiger partial charge in [-0.15, -0.1) is 22.9 Å². The molecule has 0 atom stereocenters. The van der Waals surface area contributed by atoms with Crippen LogP contribution in [-0.4, -0.2) is 23.6 Å². The van der Waals surface area contributed by atoms with Crippen LogP contribution in [0.5, 0.6) is 5.75 Å². The molecule has 0 aliphatic carbocycles. The van der Waals surface area contributed by atoms with E-state index in [0.29, 0.717) is 17.4 Å². The largest absolute Gasteiger partial charge is 0.492 e. The Morgan fingerprint density at radius 2 is 2.29 bits per heavy atom. The van der Waals surface area contributed by atoms with Crippen molar-refractivity contribution in [2.24, 2.45) is 0 Å². The summed E-state index contributed by atoms with van der Waals surface area (Å²) in [6.45, 7) is 2.27. The van der Waals surface area contributed by atoms with Crippen LogP contribution >= 0.6 is 22.9 Å². The van der Waals surface area contributed by atoms with Crippen molar-refractivity contribution in [1.29, 1.82) is 0 Å². The van der Waals surface area contributed by atoms with Crippen molar-refractivity contribution in [3.8, 4) is 5.75 Å². The molecule has 90 valence electrons. The number of hydrogen-bond acceptors (Lipinski definition) is 3. The first-order valence-corrected chi connectivity index (χ1v) is 6.44. The zero-order chi connectivity index (χ0) is 12.4. The Kier molecular flexibility index (Phi) is 3.54. The van der Waals surface area contributed by atoms with E-state index in [4.69, 9.17) is 21.4 Å². The molecule has 2 rings (SSSR count). The molecular formula is C12H11ClO3S. The summed E-state index contributed by atoms with van der Waals surface area (Å²) in [6.07, 6.45) is 0. The van der Waals surface area contributed by atoms with Gasteiger partial charge in [0.15, 0.2) is 0 Å². The molecule has 0 fully saturated rings. The predicted molar refractivity (Wildman–Crippen MR) is 69.7 cm³/mol. The molecule has 2 aromatic rings. The Bertz CT molecular complexity index is 562. The Hall–Kier alpha value is -1.26. The first-order valence-electron chi connectivity index (χ1n) is 5.08. The summed E-state index contributed by atoms with van der Waals surface area (Å²) in [5.41, 5.74) is 0.807. The first kappa shape index (κ1) is 12.2. The van der Waals surface area contributed by atoms with Gasteiger partial charge < -0.3 is 9.84 Å². The molecule has 1 aromatic carbocycles. The molecule has 1 N–H and O–H groups in total. The maximum atomic E-state index is 11.0. The standard InChI is InChI=1S/C12H11ClO3S/c1-7-9-3-2-8(16-5-4-13)6-10(9)17-11(7)12(14)15/h2-3,6H,4-5H2,1H3,(H,14,15). The van der Waals surface area contributed by atoms with E-state index in [1.165, 1.54) is 11.3 Å². The Morgan fingerprint density at radius 3 is 2.94 bits per heavy atom. The topological polar surface area (TPSA) is 46.5 Å². The van der Waals surface area contributed by atoms with Crippen molar-refractivity contribution in [1.82, 2.24) is 0 Å². The number of alkyl halides is 1. The SMILES string of the molecule is Cc1c(C(=O)O)sc2cc(OCCCl)ccc12. The maximum absolute atomic E-state index is 11.0. The van der Waals surface area contributed by atoms with Gasteiger partial charge in [-0.05, 0) is 36.1 Å². The molecule has 0 radical (unpaired) electrons. The maximum Gasteiger partial charge on any atom is 0.346 e. The molecule has 1 aromatic heterocycles. The third-order valence-corrected chi connectivity index (χ3v) is 3.85. The Morgan fingerprint density at radius 1 is 1.53 bits per heavy atom. The van der Waals surface area contributed by atoms with E-state index in [2.05, 4.69) is 0 Å². The first-order chi connectivity index (χ1) is 8.13. The minimum atomic E-state index is -0.882. The third kappa shape index (κ3) is 2.37. The number of carboxylic acid groups (broad SMARTS) is 1. The minimum absolute atomic E-state index is 0.384. The second kappa shape index (κ2) is 4.94. The van der Waals surface area contributed by atoms with E-state index in [9.17, 15) is 4.79 Å². The molecule has 17 heavy (non-hydrogen) atoms. The fourth-order valence-electron chi connectivity index (χ4n) is 1.66. The summed E-state index contributed by atoms with van der Waals surface area (Å²) < 4.78 is 6.32. The number of ether oxygens (including phenoxy) is 1. The average molecular weight is 271 g/mol. The number of hydrogen-bond donors (Lipinski definition) is 1. The molecule has 5 heteroatoms. The summed E-state index contributed by atoms with van der Waals surface area (Å²) in [5, 5.41) is 10.0. The summed E-state index contributed by atoms with van der Waals surface area (Å²) in [4.78, 5) is 11.4. The molecule has 0 saturated carbocycles. The minimum Gasteiger partial charge on any atom is -0.492 e. The lowest BCUT2D eigenvalue weighted by Crippen LogP contribution is -1.97. The summed E-state index contributed by atoms with van der Waals surface area (Å²) in [5.74, 6) is 0.269. The molecule has 0 spiro atoms. The molecule has 0 bridgehead atoms. The van der Waals surface area contributed by atoms with Crippen LogP contribution in [0.4, 0.5) is 0 Å². The molecule has 0 saturated heterocycles. The van der Waals surface area contributed by atoms with Gasteiger partial charge in [0.2, 0.25) is 0 Å². The van der Waals surface area contributed by atoms with E-state index in [0.717, 1.165) is 21.4 Å². The predicted octanol–water partition coefficient (Wildman–Crippen LogP) is 3.53. The molecule has 0 unspecified atom stereocenters. The van der Waals surface area contributed by atoms with Gasteiger partial charge in [-0.3, -0.25) is 0 Å². The molecule has 3 nitrogen and oxygen atoms in total. The van der Waals surface area contributed by atoms with Crippen molar-refractivity contribution in [3.05, 3.63) is 28.6 Å². The lowest BCUT2D eigenvalue weighted by atomic mass is 10.1. The number of carboxylic acids is 1. The molecule has 1 heterocycles. The quantitative estimate of drug-likeness (QED) is 0.865. The van der Waals surface area contributed by atoms with Crippen LogP contribution in [0.2, 0.25) is 0 Å². The van der Waals surface area contributed by atoms with Crippen LogP contribution in [0.3, 0.4) is 0 Å². The highest BCUT2D eigenvalue weighted by atomic mass is 35.5. The van der Waals surface area contributed by atoms with Crippen molar-refractivity contribution >= 4 is 39.0 Å². The lowest BCUT2D eigenvalue weighted by molar-refractivity contribution is 0.0701. The zero-order valence-electron chi connectivity index (χ0n) is 9.20. The normalized spacial score (nSPS) is 10.7. The van der Waals surface area contributed by atoms with Gasteiger partial charge in [0.1, 0.15) is 17.2 Å². The Labute approximate surface area is 108 Å². The van der Waals surface area contributed by atoms with Gasteiger partial charge in [0.05, 0.1) is 5.88 Å². The summed E-state index contributed by atoms with van der Waals surface area (Å²) in [7, 11) is 0. The number of aryl methyl sites for hydroxylation is 1. The van der Waals surface area contributed by atoms with E-state index in [1.54, 1.807) is 0 Å². The van der Waals surface area contributed by atoms with Crippen LogP contribution in [0.15, 0.2) is 18.2 Å². The molecule has 0 aliphatic heterocycles. The van der Waals surface area contributed by atoms with Crippen molar-refractivity contribution in [2.75, 3.05) is 12.5 Å². The van der Waals surface area contributed by atoms with Gasteiger partial charge in [0.25, 0.3) is 0 Å². The summed E-state index contributed by atoms with van der Waals surface area (Å²) in [6, 6.07) is 5.57. The fourth-order valence-corrected chi connectivity index (χ4v) is 2.81. The molecule has 0 amide bonds. The van der Waals surface area contributed by atoms with E-state index < -0.39 is 5.97 Å². The fraction of sp³-hybridized carbons (Fsp3) is 0.250. The van der Waals surface area contributed by atoms with Crippen LogP contribution in [0.1, 0.15) is 15.2 Å². The van der Waals surface area contributed by atoms with Gasteiger partial charge in [0, 0.05) is 4.70 Å². The average Bonchev–Trinajstić information content (AvgIpc) is 2.64. The number of aromatic carboxylic acids is 1. The van der Waals surface area contributed by atoms with Gasteiger partial charge >= 0.3 is 5.97 Å². The highest BCUT2D eigenvalue weighted by molar-refractivity contribution is 7.21. The zero-order valence-corrected chi connectivity index (χ0v) is 10.8. The van der Waals surface area contributed by atoms with Gasteiger partial charge in [-0.2, -0.15) is 0 Å². The second-order valence-electron chi connectivity index (χ2n) is 3.56. The Balaban J connectivity index is 2.44. The molecular weight excluding hydrogens is 260 g/mol. The van der Waals surface area contributed by atoms with E-state index >= 15 is 0 Å². The molecule has 0 aliphatic rings. The van der Waals surface area contributed by atoms with Crippen LogP contribution in [-0.2, 0) is 0 Å². The van der Waals surface area contributed by atoms with E-state index in [1.807, 2.05) is 25.1 Å². The lowest BCUT2D eigenvalue weighted by Gasteiger charge is -2.03. The smallest absolute Gasteiger partial charge is 0.346 e. The number of thiophene rings is 1. The van der Waals surface area contributed by atoms with Crippen molar-refractivity contribution in [2.45, 2.75) is 6.92 Å².